The molecule has 0 amide bonds. The average molecular weight is 399 g/mol. The minimum Gasteiger partial charge on any atom is -0.716 e. The van der Waals surface area contributed by atoms with Crippen molar-refractivity contribution in [2.75, 3.05) is 14.1 Å². The van der Waals surface area contributed by atoms with Crippen molar-refractivity contribution in [3.05, 3.63) is 53.1 Å². The van der Waals surface area contributed by atoms with Crippen LogP contribution in [0.3, 0.4) is 0 Å². The zero-order chi connectivity index (χ0) is 19.3. The molecule has 1 N–H and O–H groups in total. The van der Waals surface area contributed by atoms with E-state index in [0.29, 0.717) is 11.3 Å². The minimum atomic E-state index is -4.95. The Bertz CT molecular complexity index is 959. The molecule has 10 heteroatoms. The van der Waals surface area contributed by atoms with Crippen LogP contribution in [-0.4, -0.2) is 37.2 Å². The molecule has 27 heavy (non-hydrogen) atoms. The Balaban J connectivity index is 0.00000364. The maximum atomic E-state index is 10.8. The van der Waals surface area contributed by atoms with E-state index < -0.39 is 10.4 Å². The van der Waals surface area contributed by atoms with Crippen LogP contribution in [0.4, 0.5) is 5.69 Å². The van der Waals surface area contributed by atoms with Crippen molar-refractivity contribution in [1.29, 1.82) is 0 Å². The zero-order valence-corrected chi connectivity index (χ0v) is 18.3. The second-order valence-electron chi connectivity index (χ2n) is 5.62. The van der Waals surface area contributed by atoms with E-state index >= 15 is 0 Å². The van der Waals surface area contributed by atoms with Gasteiger partial charge in [0, 0.05) is 25.7 Å². The molecule has 0 atom stereocenters. The molecule has 138 valence electrons. The Labute approximate surface area is 180 Å². The van der Waals surface area contributed by atoms with Crippen LogP contribution in [0.25, 0.3) is 12.2 Å². The van der Waals surface area contributed by atoms with Gasteiger partial charge in [-0.1, -0.05) is 23.4 Å². The molecule has 0 aliphatic rings. The fraction of sp³-hybridized carbons (Fsp3) is 0.176. The third-order valence-corrected chi connectivity index (χ3v) is 3.61. The molecule has 2 aromatic carbocycles. The molecule has 2 rings (SSSR count). The molecule has 8 nitrogen and oxygen atoms in total. The van der Waals surface area contributed by atoms with E-state index in [4.69, 9.17) is 0 Å². The third kappa shape index (κ3) is 7.69. The van der Waals surface area contributed by atoms with Crippen molar-refractivity contribution in [1.82, 2.24) is 5.01 Å². The number of hydrogen-bond donors (Lipinski definition) is 1. The summed E-state index contributed by atoms with van der Waals surface area (Å²) in [5.74, 6) is -0.460. The summed E-state index contributed by atoms with van der Waals surface area (Å²) >= 11 is 0. The molecule has 0 saturated heterocycles. The number of aryl methyl sites for hydroxylation is 1. The largest absolute Gasteiger partial charge is 1.00 e. The van der Waals surface area contributed by atoms with Gasteiger partial charge < -0.3 is 13.8 Å². The van der Waals surface area contributed by atoms with E-state index in [1.54, 1.807) is 37.3 Å². The van der Waals surface area contributed by atoms with Gasteiger partial charge in [0.05, 0.1) is 5.69 Å². The van der Waals surface area contributed by atoms with E-state index in [0.717, 1.165) is 17.2 Å². The summed E-state index contributed by atoms with van der Waals surface area (Å²) in [6.45, 7) is 1.89. The Hall–Kier alpha value is -1.91. The molecule has 0 fully saturated rings. The molecule has 0 aliphatic heterocycles. The molecule has 0 aromatic heterocycles. The van der Waals surface area contributed by atoms with Gasteiger partial charge in [-0.3, -0.25) is 5.01 Å². The number of phenolic OH excluding ortho intramolecular Hbond substituents is 1. The first-order chi connectivity index (χ1) is 12.1. The Morgan fingerprint density at radius 2 is 1.74 bits per heavy atom. The van der Waals surface area contributed by atoms with E-state index in [1.807, 2.05) is 19.1 Å². The summed E-state index contributed by atoms with van der Waals surface area (Å²) in [4.78, 5) is 0. The van der Waals surface area contributed by atoms with Crippen molar-refractivity contribution in [3.63, 3.8) is 0 Å². The third-order valence-electron chi connectivity index (χ3n) is 3.22. The quantitative estimate of drug-likeness (QED) is 0.186. The molecular formula is C17H18N3NaO5S. The second-order valence-corrected chi connectivity index (χ2v) is 6.61. The van der Waals surface area contributed by atoms with E-state index in [2.05, 4.69) is 14.5 Å². The predicted molar refractivity (Wildman–Crippen MR) is 96.7 cm³/mol. The number of nitrogens with zero attached hydrogens (tertiary/aromatic N) is 3. The van der Waals surface area contributed by atoms with Crippen molar-refractivity contribution < 1.29 is 51.8 Å². The van der Waals surface area contributed by atoms with Gasteiger partial charge in [0.1, 0.15) is 5.75 Å². The average Bonchev–Trinajstić information content (AvgIpc) is 2.52. The standard InChI is InChI=1S/C17H19N3O5S.Na/c1-12-10-15(18-19-20(2)3)8-6-13(12)4-5-14-7-9-16(21)11-17(14)25-26(22,23)24;/h4-11,21H,1-3H3,(H,22,23,24);/q;+1/p-1. The minimum absolute atomic E-state index is 0. The van der Waals surface area contributed by atoms with Gasteiger partial charge >= 0.3 is 29.6 Å². The Morgan fingerprint density at radius 1 is 1.11 bits per heavy atom. The number of phenols is 1. The molecule has 0 unspecified atom stereocenters. The molecule has 0 bridgehead atoms. The number of aromatic hydroxyl groups is 1. The van der Waals surface area contributed by atoms with Crippen LogP contribution in [0.5, 0.6) is 11.5 Å². The summed E-state index contributed by atoms with van der Waals surface area (Å²) in [6, 6.07) is 9.34. The maximum Gasteiger partial charge on any atom is 1.00 e. The zero-order valence-electron chi connectivity index (χ0n) is 15.4. The maximum absolute atomic E-state index is 10.8. The van der Waals surface area contributed by atoms with Gasteiger partial charge in [0.15, 0.2) is 5.75 Å². The first-order valence-corrected chi connectivity index (χ1v) is 8.83. The number of hydrogen-bond acceptors (Lipinski definition) is 7. The smallest absolute Gasteiger partial charge is 0.716 e. The molecule has 0 aliphatic carbocycles. The number of rotatable bonds is 6. The molecule has 0 spiro atoms. The van der Waals surface area contributed by atoms with Crippen molar-refractivity contribution >= 4 is 28.2 Å². The van der Waals surface area contributed by atoms with Crippen LogP contribution < -0.4 is 33.7 Å². The summed E-state index contributed by atoms with van der Waals surface area (Å²) in [5, 5.41) is 19.0. The molecule has 0 heterocycles. The SMILES string of the molecule is Cc1cc(N=NN(C)C)ccc1C=Cc1ccc(O)cc1OS(=O)(=O)[O-].[Na+]. The molecule has 0 radical (unpaired) electrons. The summed E-state index contributed by atoms with van der Waals surface area (Å²) in [7, 11) is -1.41. The monoisotopic (exact) mass is 399 g/mol. The van der Waals surface area contributed by atoms with Crippen LogP contribution in [0, 0.1) is 6.92 Å². The van der Waals surface area contributed by atoms with Crippen LogP contribution >= 0.6 is 0 Å². The fourth-order valence-corrected chi connectivity index (χ4v) is 2.44. The van der Waals surface area contributed by atoms with Crippen LogP contribution in [0.2, 0.25) is 0 Å². The summed E-state index contributed by atoms with van der Waals surface area (Å²) in [5.41, 5.74) is 2.81. The second kappa shape index (κ2) is 9.86. The van der Waals surface area contributed by atoms with Crippen molar-refractivity contribution in [2.24, 2.45) is 10.3 Å². The van der Waals surface area contributed by atoms with Gasteiger partial charge in [-0.25, -0.2) is 8.42 Å². The molecular weight excluding hydrogens is 381 g/mol. The van der Waals surface area contributed by atoms with Crippen molar-refractivity contribution in [2.45, 2.75) is 6.92 Å². The van der Waals surface area contributed by atoms with Gasteiger partial charge in [0.25, 0.3) is 10.4 Å². The fourth-order valence-electron chi connectivity index (χ4n) is 2.07. The predicted octanol–water partition coefficient (Wildman–Crippen LogP) is 0.274. The topological polar surface area (TPSA) is 115 Å². The van der Waals surface area contributed by atoms with Gasteiger partial charge in [-0.05, 0) is 42.3 Å². The Morgan fingerprint density at radius 3 is 2.33 bits per heavy atom. The van der Waals surface area contributed by atoms with Crippen LogP contribution in [0.15, 0.2) is 46.7 Å². The van der Waals surface area contributed by atoms with Gasteiger partial charge in [0.2, 0.25) is 0 Å². The first-order valence-electron chi connectivity index (χ1n) is 7.50. The van der Waals surface area contributed by atoms with E-state index in [9.17, 15) is 18.1 Å². The number of benzene rings is 2. The summed E-state index contributed by atoms with van der Waals surface area (Å²) < 4.78 is 36.9. The van der Waals surface area contributed by atoms with Crippen LogP contribution in [0.1, 0.15) is 16.7 Å². The molecule has 2 aromatic rings. The first kappa shape index (κ1) is 23.1. The van der Waals surface area contributed by atoms with Gasteiger partial charge in [-0.2, -0.15) is 0 Å². The summed E-state index contributed by atoms with van der Waals surface area (Å²) in [6.07, 6.45) is 3.32. The molecule has 0 saturated carbocycles. The van der Waals surface area contributed by atoms with Crippen molar-refractivity contribution in [3.8, 4) is 11.5 Å². The normalized spacial score (nSPS) is 11.6. The van der Waals surface area contributed by atoms with E-state index in [-0.39, 0.29) is 41.1 Å². The Kier molecular flexibility index (Phi) is 8.45. The van der Waals surface area contributed by atoms with E-state index in [1.165, 1.54) is 12.1 Å². The van der Waals surface area contributed by atoms with Crippen LogP contribution in [-0.2, 0) is 10.4 Å². The van der Waals surface area contributed by atoms with Gasteiger partial charge in [-0.15, -0.1) is 5.11 Å².